The van der Waals surface area contributed by atoms with E-state index in [1.54, 1.807) is 0 Å². The Labute approximate surface area is 122 Å². The number of amides is 1. The highest BCUT2D eigenvalue weighted by molar-refractivity contribution is 9.09. The number of nitrogens with zero attached hydrogens (tertiary/aromatic N) is 1. The molecule has 0 heterocycles. The number of likely N-dealkylation sites (N-methyl/N-ethyl adjacent to an activating group) is 1. The monoisotopic (exact) mass is 319 g/mol. The topological polar surface area (TPSA) is 20.3 Å². The normalized spacial score (nSPS) is 10.6. The molecule has 0 aliphatic rings. The standard InChI is InChI=1S/C16H18BrNO/c1-18(11-5-10-17)16(19)12-14-8-4-7-13-6-2-3-9-15(13)14/h2-4,6-9H,5,10-12H2,1H3. The van der Waals surface area contributed by atoms with Crippen molar-refractivity contribution in [3.05, 3.63) is 48.0 Å². The van der Waals surface area contributed by atoms with Gasteiger partial charge in [0.05, 0.1) is 6.42 Å². The van der Waals surface area contributed by atoms with Crippen LogP contribution in [0.5, 0.6) is 0 Å². The van der Waals surface area contributed by atoms with Gasteiger partial charge in [-0.15, -0.1) is 0 Å². The summed E-state index contributed by atoms with van der Waals surface area (Å²) in [6.45, 7) is 0.800. The van der Waals surface area contributed by atoms with Crippen molar-refractivity contribution in [2.75, 3.05) is 18.9 Å². The number of carbonyl (C=O) groups excluding carboxylic acids is 1. The van der Waals surface area contributed by atoms with Crippen LogP contribution < -0.4 is 0 Å². The van der Waals surface area contributed by atoms with Crippen molar-refractivity contribution in [1.29, 1.82) is 0 Å². The Kier molecular flexibility index (Phi) is 4.97. The van der Waals surface area contributed by atoms with E-state index in [4.69, 9.17) is 0 Å². The largest absolute Gasteiger partial charge is 0.345 e. The van der Waals surface area contributed by atoms with Crippen LogP contribution in [0.3, 0.4) is 0 Å². The Morgan fingerprint density at radius 1 is 1.16 bits per heavy atom. The van der Waals surface area contributed by atoms with Gasteiger partial charge in [-0.25, -0.2) is 0 Å². The Bertz CT molecular complexity index is 562. The van der Waals surface area contributed by atoms with Gasteiger partial charge in [0.1, 0.15) is 0 Å². The maximum atomic E-state index is 12.2. The van der Waals surface area contributed by atoms with Gasteiger partial charge in [-0.1, -0.05) is 58.4 Å². The molecule has 100 valence electrons. The average Bonchev–Trinajstić information content (AvgIpc) is 2.45. The maximum Gasteiger partial charge on any atom is 0.226 e. The van der Waals surface area contributed by atoms with Gasteiger partial charge in [0.25, 0.3) is 0 Å². The van der Waals surface area contributed by atoms with Crippen molar-refractivity contribution in [3.63, 3.8) is 0 Å². The molecular weight excluding hydrogens is 302 g/mol. The van der Waals surface area contributed by atoms with Gasteiger partial charge in [-0.3, -0.25) is 4.79 Å². The zero-order valence-electron chi connectivity index (χ0n) is 11.1. The van der Waals surface area contributed by atoms with Crippen LogP contribution in [0.1, 0.15) is 12.0 Å². The Morgan fingerprint density at radius 2 is 1.89 bits per heavy atom. The molecule has 2 nitrogen and oxygen atoms in total. The molecule has 1 amide bonds. The minimum atomic E-state index is 0.178. The summed E-state index contributed by atoms with van der Waals surface area (Å²) in [5.41, 5.74) is 1.11. The van der Waals surface area contributed by atoms with Crippen LogP contribution in [0.25, 0.3) is 10.8 Å². The summed E-state index contributed by atoms with van der Waals surface area (Å²) >= 11 is 3.39. The molecule has 3 heteroatoms. The van der Waals surface area contributed by atoms with E-state index in [-0.39, 0.29) is 5.91 Å². The molecular formula is C16H18BrNO. The van der Waals surface area contributed by atoms with Crippen LogP contribution in [-0.4, -0.2) is 29.7 Å². The first-order valence-corrected chi connectivity index (χ1v) is 7.61. The maximum absolute atomic E-state index is 12.2. The van der Waals surface area contributed by atoms with Crippen molar-refractivity contribution >= 4 is 32.6 Å². The first-order valence-electron chi connectivity index (χ1n) is 6.49. The van der Waals surface area contributed by atoms with E-state index in [0.717, 1.165) is 23.9 Å². The van der Waals surface area contributed by atoms with Gasteiger partial charge in [-0.2, -0.15) is 0 Å². The Hall–Kier alpha value is -1.35. The fourth-order valence-corrected chi connectivity index (χ4v) is 2.42. The summed E-state index contributed by atoms with van der Waals surface area (Å²) in [5, 5.41) is 3.29. The van der Waals surface area contributed by atoms with Gasteiger partial charge in [0, 0.05) is 18.9 Å². The van der Waals surface area contributed by atoms with E-state index in [0.29, 0.717) is 6.42 Å². The molecule has 0 aliphatic carbocycles. The fraction of sp³-hybridized carbons (Fsp3) is 0.312. The van der Waals surface area contributed by atoms with Crippen LogP contribution in [0, 0.1) is 0 Å². The molecule has 0 unspecified atom stereocenters. The summed E-state index contributed by atoms with van der Waals surface area (Å²) in [4.78, 5) is 14.0. The van der Waals surface area contributed by atoms with Gasteiger partial charge < -0.3 is 4.90 Å². The summed E-state index contributed by atoms with van der Waals surface area (Å²) in [6.07, 6.45) is 1.46. The van der Waals surface area contributed by atoms with Crippen LogP contribution in [-0.2, 0) is 11.2 Å². The van der Waals surface area contributed by atoms with Crippen LogP contribution in [0.15, 0.2) is 42.5 Å². The number of hydrogen-bond acceptors (Lipinski definition) is 1. The highest BCUT2D eigenvalue weighted by Gasteiger charge is 2.10. The number of alkyl halides is 1. The summed E-state index contributed by atoms with van der Waals surface area (Å²) < 4.78 is 0. The smallest absolute Gasteiger partial charge is 0.226 e. The molecule has 0 aromatic heterocycles. The third-order valence-corrected chi connectivity index (χ3v) is 3.84. The Morgan fingerprint density at radius 3 is 2.68 bits per heavy atom. The molecule has 0 aliphatic heterocycles. The molecule has 0 saturated heterocycles. The van der Waals surface area contributed by atoms with Gasteiger partial charge >= 0.3 is 0 Å². The quantitative estimate of drug-likeness (QED) is 0.771. The van der Waals surface area contributed by atoms with Crippen molar-refractivity contribution in [1.82, 2.24) is 4.90 Å². The highest BCUT2D eigenvalue weighted by Crippen LogP contribution is 2.19. The second-order valence-electron chi connectivity index (χ2n) is 4.67. The van der Waals surface area contributed by atoms with E-state index in [1.807, 2.05) is 36.2 Å². The number of carbonyl (C=O) groups is 1. The molecule has 19 heavy (non-hydrogen) atoms. The first-order chi connectivity index (χ1) is 9.22. The molecule has 0 bridgehead atoms. The molecule has 2 aromatic carbocycles. The molecule has 2 rings (SSSR count). The van der Waals surface area contributed by atoms with Crippen LogP contribution >= 0.6 is 15.9 Å². The summed E-state index contributed by atoms with van der Waals surface area (Å²) in [7, 11) is 1.87. The summed E-state index contributed by atoms with van der Waals surface area (Å²) in [5.74, 6) is 0.178. The van der Waals surface area contributed by atoms with Crippen molar-refractivity contribution in [2.45, 2.75) is 12.8 Å². The van der Waals surface area contributed by atoms with Gasteiger partial charge in [0.15, 0.2) is 0 Å². The van der Waals surface area contributed by atoms with Crippen molar-refractivity contribution < 1.29 is 4.79 Å². The number of fused-ring (bicyclic) bond motifs is 1. The van der Waals surface area contributed by atoms with E-state index >= 15 is 0 Å². The lowest BCUT2D eigenvalue weighted by molar-refractivity contribution is -0.129. The number of rotatable bonds is 5. The predicted octanol–water partition coefficient (Wildman–Crippen LogP) is 3.63. The number of hydrogen-bond donors (Lipinski definition) is 0. The molecule has 2 aromatic rings. The summed E-state index contributed by atoms with van der Waals surface area (Å²) in [6, 6.07) is 14.3. The van der Waals surface area contributed by atoms with Crippen molar-refractivity contribution in [2.24, 2.45) is 0 Å². The lowest BCUT2D eigenvalue weighted by atomic mass is 10.0. The Balaban J connectivity index is 2.15. The minimum Gasteiger partial charge on any atom is -0.345 e. The fourth-order valence-electron chi connectivity index (χ4n) is 2.17. The van der Waals surface area contributed by atoms with E-state index in [9.17, 15) is 4.79 Å². The highest BCUT2D eigenvalue weighted by atomic mass is 79.9. The average molecular weight is 320 g/mol. The third kappa shape index (κ3) is 3.57. The number of halogens is 1. The molecule has 0 saturated carbocycles. The molecule has 0 spiro atoms. The molecule has 0 atom stereocenters. The predicted molar refractivity (Wildman–Crippen MR) is 83.7 cm³/mol. The molecule has 0 N–H and O–H groups in total. The minimum absolute atomic E-state index is 0.178. The van der Waals surface area contributed by atoms with Crippen LogP contribution in [0.2, 0.25) is 0 Å². The molecule has 0 radical (unpaired) electrons. The number of benzene rings is 2. The van der Waals surface area contributed by atoms with Gasteiger partial charge in [-0.05, 0) is 22.8 Å². The SMILES string of the molecule is CN(CCCBr)C(=O)Cc1cccc2ccccc12. The third-order valence-electron chi connectivity index (χ3n) is 3.27. The van der Waals surface area contributed by atoms with E-state index in [1.165, 1.54) is 10.8 Å². The first kappa shape index (κ1) is 14.1. The van der Waals surface area contributed by atoms with E-state index < -0.39 is 0 Å². The lowest BCUT2D eigenvalue weighted by Gasteiger charge is -2.17. The zero-order valence-corrected chi connectivity index (χ0v) is 12.7. The zero-order chi connectivity index (χ0) is 13.7. The second kappa shape index (κ2) is 6.71. The second-order valence-corrected chi connectivity index (χ2v) is 5.47. The molecule has 0 fully saturated rings. The van der Waals surface area contributed by atoms with Gasteiger partial charge in [0.2, 0.25) is 5.91 Å². The van der Waals surface area contributed by atoms with Crippen molar-refractivity contribution in [3.8, 4) is 0 Å². The van der Waals surface area contributed by atoms with Crippen LogP contribution in [0.4, 0.5) is 0 Å². The van der Waals surface area contributed by atoms with E-state index in [2.05, 4.69) is 34.1 Å². The lowest BCUT2D eigenvalue weighted by Crippen LogP contribution is -2.29.